The minimum atomic E-state index is -1.46. The number of aromatic carboxylic acids is 1. The number of anilines is 1. The molecule has 0 aromatic heterocycles. The Bertz CT molecular complexity index is 511. The van der Waals surface area contributed by atoms with Gasteiger partial charge < -0.3 is 10.4 Å². The van der Waals surface area contributed by atoms with Gasteiger partial charge in [0.15, 0.2) is 11.6 Å². The van der Waals surface area contributed by atoms with E-state index in [1.807, 2.05) is 0 Å². The van der Waals surface area contributed by atoms with Crippen LogP contribution in [0.1, 0.15) is 49.4 Å². The summed E-state index contributed by atoms with van der Waals surface area (Å²) in [5.41, 5.74) is -0.610. The number of halogens is 2. The van der Waals surface area contributed by atoms with Crippen molar-refractivity contribution >= 4 is 11.7 Å². The van der Waals surface area contributed by atoms with Gasteiger partial charge >= 0.3 is 5.97 Å². The predicted octanol–water partition coefficient (Wildman–Crippen LogP) is 4.29. The maximum absolute atomic E-state index is 13.7. The van der Waals surface area contributed by atoms with Crippen molar-refractivity contribution in [1.29, 1.82) is 0 Å². The molecule has 0 atom stereocenters. The van der Waals surface area contributed by atoms with Crippen LogP contribution in [-0.2, 0) is 0 Å². The Hall–Kier alpha value is -1.65. The van der Waals surface area contributed by atoms with Gasteiger partial charge in [0.25, 0.3) is 0 Å². The maximum atomic E-state index is 13.7. The van der Waals surface area contributed by atoms with Crippen molar-refractivity contribution in [2.75, 3.05) is 11.9 Å². The lowest BCUT2D eigenvalue weighted by Gasteiger charge is -2.26. The number of rotatable bonds is 5. The molecule has 2 rings (SSSR count). The number of benzene rings is 1. The van der Waals surface area contributed by atoms with Crippen LogP contribution in [-0.4, -0.2) is 17.6 Å². The van der Waals surface area contributed by atoms with E-state index in [1.165, 1.54) is 31.7 Å². The van der Waals surface area contributed by atoms with Crippen LogP contribution in [0.15, 0.2) is 12.1 Å². The number of carbonyl (C=O) groups is 1. The van der Waals surface area contributed by atoms with Gasteiger partial charge in [-0.15, -0.1) is 0 Å². The summed E-state index contributed by atoms with van der Waals surface area (Å²) in [5.74, 6) is -2.45. The Morgan fingerprint density at radius 1 is 1.24 bits per heavy atom. The van der Waals surface area contributed by atoms with Gasteiger partial charge in [0.1, 0.15) is 0 Å². The zero-order chi connectivity index (χ0) is 15.4. The highest BCUT2D eigenvalue weighted by atomic mass is 19.2. The van der Waals surface area contributed by atoms with Crippen LogP contribution >= 0.6 is 0 Å². The van der Waals surface area contributed by atoms with Crippen LogP contribution in [0.3, 0.4) is 0 Å². The summed E-state index contributed by atoms with van der Waals surface area (Å²) in [6.45, 7) is 2.83. The molecular weight excluding hydrogens is 276 g/mol. The number of hydrogen-bond donors (Lipinski definition) is 2. The molecule has 1 aromatic carbocycles. The Morgan fingerprint density at radius 2 is 1.90 bits per heavy atom. The van der Waals surface area contributed by atoms with Crippen molar-refractivity contribution < 1.29 is 18.7 Å². The number of carboxylic acids is 1. The molecule has 1 aromatic rings. The largest absolute Gasteiger partial charge is 0.478 e. The summed E-state index contributed by atoms with van der Waals surface area (Å²) >= 11 is 0. The minimum absolute atomic E-state index is 0.0293. The second-order valence-corrected chi connectivity index (χ2v) is 5.94. The van der Waals surface area contributed by atoms with E-state index < -0.39 is 23.2 Å². The van der Waals surface area contributed by atoms with E-state index in [0.29, 0.717) is 12.5 Å². The average Bonchev–Trinajstić information content (AvgIpc) is 2.45. The van der Waals surface area contributed by atoms with Crippen LogP contribution in [0.5, 0.6) is 0 Å². The van der Waals surface area contributed by atoms with Crippen LogP contribution in [0.4, 0.5) is 14.5 Å². The Morgan fingerprint density at radius 3 is 2.52 bits per heavy atom. The van der Waals surface area contributed by atoms with Gasteiger partial charge in [-0.1, -0.05) is 32.6 Å². The summed E-state index contributed by atoms with van der Waals surface area (Å²) in [7, 11) is 0. The zero-order valence-electron chi connectivity index (χ0n) is 12.2. The Labute approximate surface area is 123 Å². The average molecular weight is 297 g/mol. The second-order valence-electron chi connectivity index (χ2n) is 5.94. The highest BCUT2D eigenvalue weighted by Gasteiger charge is 2.19. The van der Waals surface area contributed by atoms with Crippen molar-refractivity contribution in [3.05, 3.63) is 29.3 Å². The van der Waals surface area contributed by atoms with E-state index in [4.69, 9.17) is 5.11 Å². The molecule has 2 N–H and O–H groups in total. The van der Waals surface area contributed by atoms with Crippen LogP contribution in [0.2, 0.25) is 0 Å². The molecule has 0 aliphatic heterocycles. The Balaban J connectivity index is 1.89. The third-order valence-electron chi connectivity index (χ3n) is 4.32. The first-order valence-electron chi connectivity index (χ1n) is 7.44. The lowest BCUT2D eigenvalue weighted by molar-refractivity contribution is 0.0690. The number of carboxylic acid groups (broad SMARTS) is 1. The minimum Gasteiger partial charge on any atom is -0.478 e. The molecule has 0 unspecified atom stereocenters. The molecule has 1 fully saturated rings. The SMILES string of the molecule is CC1CCC(CCNc2ccc(C(=O)O)c(F)c2F)CC1. The lowest BCUT2D eigenvalue weighted by Crippen LogP contribution is -2.16. The summed E-state index contributed by atoms with van der Waals surface area (Å²) in [6, 6.07) is 2.37. The van der Waals surface area contributed by atoms with Gasteiger partial charge in [0.05, 0.1) is 11.3 Å². The lowest BCUT2D eigenvalue weighted by atomic mass is 9.81. The third kappa shape index (κ3) is 3.93. The van der Waals surface area contributed by atoms with Gasteiger partial charge in [-0.2, -0.15) is 0 Å². The van der Waals surface area contributed by atoms with Crippen molar-refractivity contribution in [3.8, 4) is 0 Å². The van der Waals surface area contributed by atoms with E-state index in [0.717, 1.165) is 18.4 Å². The van der Waals surface area contributed by atoms with Crippen LogP contribution in [0.25, 0.3) is 0 Å². The normalized spacial score (nSPS) is 22.0. The third-order valence-corrected chi connectivity index (χ3v) is 4.32. The second kappa shape index (κ2) is 6.87. The zero-order valence-corrected chi connectivity index (χ0v) is 12.2. The van der Waals surface area contributed by atoms with Crippen LogP contribution in [0, 0.1) is 23.5 Å². The standard InChI is InChI=1S/C16H21F2NO2/c1-10-2-4-11(5-3-10)8-9-19-13-7-6-12(16(20)21)14(17)15(13)18/h6-7,10-11,19H,2-5,8-9H2,1H3,(H,20,21). The molecule has 21 heavy (non-hydrogen) atoms. The highest BCUT2D eigenvalue weighted by molar-refractivity contribution is 5.88. The summed E-state index contributed by atoms with van der Waals surface area (Å²) in [4.78, 5) is 10.7. The summed E-state index contributed by atoms with van der Waals surface area (Å²) < 4.78 is 27.3. The van der Waals surface area contributed by atoms with Crippen molar-refractivity contribution in [3.63, 3.8) is 0 Å². The van der Waals surface area contributed by atoms with E-state index in [2.05, 4.69) is 12.2 Å². The Kier molecular flexibility index (Phi) is 5.15. The molecule has 5 heteroatoms. The molecule has 0 bridgehead atoms. The molecule has 1 aliphatic rings. The summed E-state index contributed by atoms with van der Waals surface area (Å²) in [6.07, 6.45) is 5.78. The first-order chi connectivity index (χ1) is 9.99. The molecule has 1 saturated carbocycles. The first-order valence-corrected chi connectivity index (χ1v) is 7.44. The van der Waals surface area contributed by atoms with Crippen molar-refractivity contribution in [2.45, 2.75) is 39.0 Å². The highest BCUT2D eigenvalue weighted by Crippen LogP contribution is 2.30. The van der Waals surface area contributed by atoms with E-state index in [-0.39, 0.29) is 5.69 Å². The molecular formula is C16H21F2NO2. The van der Waals surface area contributed by atoms with Crippen molar-refractivity contribution in [2.24, 2.45) is 11.8 Å². The molecule has 0 amide bonds. The molecule has 0 heterocycles. The van der Waals surface area contributed by atoms with Crippen LogP contribution < -0.4 is 5.32 Å². The predicted molar refractivity (Wildman–Crippen MR) is 77.5 cm³/mol. The van der Waals surface area contributed by atoms with Gasteiger partial charge in [-0.3, -0.25) is 0 Å². The molecule has 0 spiro atoms. The van der Waals surface area contributed by atoms with Gasteiger partial charge in [0, 0.05) is 6.54 Å². The van der Waals surface area contributed by atoms with Gasteiger partial charge in [-0.25, -0.2) is 13.6 Å². The molecule has 1 aliphatic carbocycles. The van der Waals surface area contributed by atoms with E-state index in [9.17, 15) is 13.6 Å². The van der Waals surface area contributed by atoms with Crippen molar-refractivity contribution in [1.82, 2.24) is 0 Å². The van der Waals surface area contributed by atoms with Gasteiger partial charge in [-0.05, 0) is 30.4 Å². The van der Waals surface area contributed by atoms with E-state index in [1.54, 1.807) is 0 Å². The van der Waals surface area contributed by atoms with E-state index >= 15 is 0 Å². The molecule has 0 saturated heterocycles. The fraction of sp³-hybridized carbons (Fsp3) is 0.562. The fourth-order valence-electron chi connectivity index (χ4n) is 2.88. The smallest absolute Gasteiger partial charge is 0.338 e. The molecule has 116 valence electrons. The first kappa shape index (κ1) is 15.7. The number of nitrogens with one attached hydrogen (secondary N) is 1. The molecule has 3 nitrogen and oxygen atoms in total. The topological polar surface area (TPSA) is 49.3 Å². The maximum Gasteiger partial charge on any atom is 0.338 e. The monoisotopic (exact) mass is 297 g/mol. The summed E-state index contributed by atoms with van der Waals surface area (Å²) in [5, 5.41) is 11.6. The molecule has 0 radical (unpaired) electrons. The quantitative estimate of drug-likeness (QED) is 0.852. The van der Waals surface area contributed by atoms with Gasteiger partial charge in [0.2, 0.25) is 0 Å². The number of hydrogen-bond acceptors (Lipinski definition) is 2. The fourth-order valence-corrected chi connectivity index (χ4v) is 2.88.